The molecular weight excluding hydrogens is 488 g/mol. The third-order valence-electron chi connectivity index (χ3n) is 6.38. The zero-order valence-corrected chi connectivity index (χ0v) is 22.4. The first-order chi connectivity index (χ1) is 17.6. The monoisotopic (exact) mass is 522 g/mol. The van der Waals surface area contributed by atoms with Crippen molar-refractivity contribution in [1.29, 1.82) is 0 Å². The van der Waals surface area contributed by atoms with Crippen molar-refractivity contribution in [2.24, 2.45) is 11.8 Å². The van der Waals surface area contributed by atoms with Crippen LogP contribution in [0.4, 0.5) is 11.6 Å². The van der Waals surface area contributed by atoms with Crippen LogP contribution in [0.3, 0.4) is 0 Å². The summed E-state index contributed by atoms with van der Waals surface area (Å²) >= 11 is 0. The average molecular weight is 523 g/mol. The molecule has 196 valence electrons. The lowest BCUT2D eigenvalue weighted by Crippen LogP contribution is -2.35. The maximum atomic E-state index is 13.3. The summed E-state index contributed by atoms with van der Waals surface area (Å²) in [5.41, 5.74) is 7.55. The first-order valence-corrected chi connectivity index (χ1v) is 14.3. The van der Waals surface area contributed by atoms with Crippen molar-refractivity contribution in [2.75, 3.05) is 36.1 Å². The number of pyridine rings is 2. The highest BCUT2D eigenvalue weighted by Gasteiger charge is 2.27. The summed E-state index contributed by atoms with van der Waals surface area (Å²) in [5, 5.41) is -0.210. The molecule has 0 spiro atoms. The third-order valence-corrected chi connectivity index (χ3v) is 7.88. The van der Waals surface area contributed by atoms with E-state index in [-0.39, 0.29) is 10.8 Å². The second-order valence-electron chi connectivity index (χ2n) is 10.0. The van der Waals surface area contributed by atoms with Crippen LogP contribution in [0.1, 0.15) is 44.0 Å². The molecule has 2 aromatic heterocycles. The summed E-state index contributed by atoms with van der Waals surface area (Å²) in [6.07, 6.45) is 1.96. The number of anilines is 2. The Morgan fingerprint density at radius 2 is 1.76 bits per heavy atom. The van der Waals surface area contributed by atoms with Crippen molar-refractivity contribution in [3.05, 3.63) is 60.2 Å². The first kappa shape index (κ1) is 26.6. The Morgan fingerprint density at radius 3 is 2.41 bits per heavy atom. The van der Waals surface area contributed by atoms with E-state index in [1.165, 1.54) is 18.2 Å². The van der Waals surface area contributed by atoms with E-state index in [0.29, 0.717) is 35.5 Å². The number of benzene rings is 1. The number of aromatic nitrogens is 2. The van der Waals surface area contributed by atoms with E-state index >= 15 is 0 Å². The van der Waals surface area contributed by atoms with E-state index in [2.05, 4.69) is 30.7 Å². The number of rotatable bonds is 9. The van der Waals surface area contributed by atoms with Crippen LogP contribution in [0.15, 0.2) is 59.6 Å². The average Bonchev–Trinajstić information content (AvgIpc) is 2.87. The number of nitrogens with two attached hydrogens (primary N) is 1. The van der Waals surface area contributed by atoms with Crippen molar-refractivity contribution in [1.82, 2.24) is 9.97 Å². The maximum Gasteiger partial charge on any atom is 0.203 e. The summed E-state index contributed by atoms with van der Waals surface area (Å²) < 4.78 is 31.6. The fourth-order valence-corrected chi connectivity index (χ4v) is 5.38. The predicted octanol–water partition coefficient (Wildman–Crippen LogP) is 4.65. The van der Waals surface area contributed by atoms with E-state index in [0.717, 1.165) is 37.2 Å². The highest BCUT2D eigenvalue weighted by Crippen LogP contribution is 2.30. The van der Waals surface area contributed by atoms with Gasteiger partial charge in [0, 0.05) is 18.7 Å². The number of ketones is 1. The van der Waals surface area contributed by atoms with Crippen molar-refractivity contribution in [2.45, 2.75) is 38.6 Å². The fraction of sp³-hybridized carbons (Fsp3) is 0.393. The first-order valence-electron chi connectivity index (χ1n) is 12.6. The van der Waals surface area contributed by atoms with E-state index in [4.69, 9.17) is 15.5 Å². The zero-order chi connectivity index (χ0) is 26.6. The predicted molar refractivity (Wildman–Crippen MR) is 146 cm³/mol. The van der Waals surface area contributed by atoms with Gasteiger partial charge in [0.1, 0.15) is 23.1 Å². The van der Waals surface area contributed by atoms with Crippen LogP contribution in [0.2, 0.25) is 0 Å². The molecule has 2 N–H and O–H groups in total. The second kappa shape index (κ2) is 11.3. The molecule has 3 aromatic rings. The number of hydrogen-bond donors (Lipinski definition) is 1. The molecular formula is C28H34N4O4S. The normalized spacial score (nSPS) is 14.6. The molecule has 8 nitrogen and oxygen atoms in total. The molecule has 3 heterocycles. The number of hydrogen-bond acceptors (Lipinski definition) is 8. The molecule has 0 atom stereocenters. The number of sulfone groups is 1. The Hall–Kier alpha value is -3.46. The van der Waals surface area contributed by atoms with Crippen LogP contribution in [-0.2, 0) is 9.84 Å². The standard InChI is InChI=1S/C28H34N4O4S/c1-19(2)17-36-22-9-7-21(8-10-22)24-12-11-23(28(30-24)32-15-13-20(3)14-16-32)25(33)18-37(34,35)27-6-4-5-26(29)31-27/h4-12,19-20H,13-18H2,1-3H3,(H2,29,31). The Kier molecular flexibility index (Phi) is 8.12. The van der Waals surface area contributed by atoms with Crippen LogP contribution in [0.25, 0.3) is 11.3 Å². The van der Waals surface area contributed by atoms with Crippen molar-refractivity contribution >= 4 is 27.3 Å². The van der Waals surface area contributed by atoms with Gasteiger partial charge in [-0.3, -0.25) is 4.79 Å². The van der Waals surface area contributed by atoms with Gasteiger partial charge in [0.2, 0.25) is 9.84 Å². The van der Waals surface area contributed by atoms with Gasteiger partial charge in [-0.05, 0) is 73.2 Å². The second-order valence-corrected chi connectivity index (χ2v) is 12.0. The van der Waals surface area contributed by atoms with Gasteiger partial charge < -0.3 is 15.4 Å². The van der Waals surface area contributed by atoms with Gasteiger partial charge in [-0.1, -0.05) is 26.8 Å². The molecule has 1 aliphatic heterocycles. The minimum atomic E-state index is -3.97. The van der Waals surface area contributed by atoms with Crippen molar-refractivity contribution in [3.8, 4) is 17.0 Å². The topological polar surface area (TPSA) is 115 Å². The number of nitrogen functional groups attached to an aromatic ring is 1. The molecule has 0 radical (unpaired) electrons. The Morgan fingerprint density at radius 1 is 1.05 bits per heavy atom. The highest BCUT2D eigenvalue weighted by molar-refractivity contribution is 7.92. The number of carbonyl (C=O) groups excluding carboxylic acids is 1. The Labute approximate surface area is 218 Å². The summed E-state index contributed by atoms with van der Waals surface area (Å²) in [5.74, 6) is 1.19. The molecule has 1 aliphatic rings. The lowest BCUT2D eigenvalue weighted by molar-refractivity contribution is 0.102. The largest absolute Gasteiger partial charge is 0.493 e. The molecule has 0 unspecified atom stereocenters. The Bertz CT molecular complexity index is 1350. The molecule has 4 rings (SSSR count). The fourth-order valence-electron chi connectivity index (χ4n) is 4.20. The van der Waals surface area contributed by atoms with Crippen LogP contribution >= 0.6 is 0 Å². The van der Waals surface area contributed by atoms with Gasteiger partial charge in [0.25, 0.3) is 0 Å². The minimum absolute atomic E-state index is 0.0864. The van der Waals surface area contributed by atoms with E-state index in [1.807, 2.05) is 24.3 Å². The van der Waals surface area contributed by atoms with Gasteiger partial charge in [-0.2, -0.15) is 0 Å². The van der Waals surface area contributed by atoms with Crippen LogP contribution < -0.4 is 15.4 Å². The summed E-state index contributed by atoms with van der Waals surface area (Å²) in [7, 11) is -3.97. The van der Waals surface area contributed by atoms with Crippen molar-refractivity contribution in [3.63, 3.8) is 0 Å². The molecule has 1 aromatic carbocycles. The van der Waals surface area contributed by atoms with E-state index < -0.39 is 21.4 Å². The number of nitrogens with zero attached hydrogens (tertiary/aromatic N) is 3. The van der Waals surface area contributed by atoms with Gasteiger partial charge in [-0.15, -0.1) is 0 Å². The number of ether oxygens (including phenoxy) is 1. The summed E-state index contributed by atoms with van der Waals surface area (Å²) in [4.78, 5) is 24.2. The molecule has 9 heteroatoms. The van der Waals surface area contributed by atoms with Gasteiger partial charge in [0.05, 0.1) is 17.9 Å². The van der Waals surface area contributed by atoms with E-state index in [9.17, 15) is 13.2 Å². The smallest absolute Gasteiger partial charge is 0.203 e. The van der Waals surface area contributed by atoms with Crippen LogP contribution in [0.5, 0.6) is 5.75 Å². The number of piperidine rings is 1. The van der Waals surface area contributed by atoms with Gasteiger partial charge >= 0.3 is 0 Å². The minimum Gasteiger partial charge on any atom is -0.493 e. The van der Waals surface area contributed by atoms with Crippen LogP contribution in [-0.4, -0.2) is 49.6 Å². The lowest BCUT2D eigenvalue weighted by Gasteiger charge is -2.32. The Balaban J connectivity index is 1.64. The van der Waals surface area contributed by atoms with Gasteiger partial charge in [0.15, 0.2) is 10.8 Å². The van der Waals surface area contributed by atoms with E-state index in [1.54, 1.807) is 12.1 Å². The molecule has 0 amide bonds. The molecule has 37 heavy (non-hydrogen) atoms. The third kappa shape index (κ3) is 6.65. The highest BCUT2D eigenvalue weighted by atomic mass is 32.2. The summed E-state index contributed by atoms with van der Waals surface area (Å²) in [6, 6.07) is 15.5. The molecule has 1 fully saturated rings. The quantitative estimate of drug-likeness (QED) is 0.404. The van der Waals surface area contributed by atoms with Crippen LogP contribution in [0, 0.1) is 11.8 Å². The maximum absolute atomic E-state index is 13.3. The van der Waals surface area contributed by atoms with Crippen molar-refractivity contribution < 1.29 is 17.9 Å². The number of Topliss-reactive ketones (excluding diaryl/α,β-unsaturated/α-hetero) is 1. The molecule has 0 aliphatic carbocycles. The summed E-state index contributed by atoms with van der Waals surface area (Å²) in [6.45, 7) is 8.55. The lowest BCUT2D eigenvalue weighted by atomic mass is 9.98. The molecule has 1 saturated heterocycles. The SMILES string of the molecule is CC(C)COc1ccc(-c2ccc(C(=O)CS(=O)(=O)c3cccc(N)n3)c(N3CCC(C)CC3)n2)cc1. The zero-order valence-electron chi connectivity index (χ0n) is 21.6. The molecule has 0 bridgehead atoms. The molecule has 0 saturated carbocycles. The number of carbonyl (C=O) groups is 1. The van der Waals surface area contributed by atoms with Gasteiger partial charge in [-0.25, -0.2) is 18.4 Å².